The zero-order chi connectivity index (χ0) is 15.3. The Balaban J connectivity index is 1.93. The molecule has 1 atom stereocenters. The molecule has 0 aromatic heterocycles. The van der Waals surface area contributed by atoms with Gasteiger partial charge < -0.3 is 10.2 Å². The zero-order valence-electron chi connectivity index (χ0n) is 14.8. The average Bonchev–Trinajstić information content (AvgIpc) is 3.27. The molecule has 2 fully saturated rings. The van der Waals surface area contributed by atoms with Crippen molar-refractivity contribution in [2.75, 3.05) is 40.3 Å². The first kappa shape index (κ1) is 17.2. The molecule has 0 amide bonds. The summed E-state index contributed by atoms with van der Waals surface area (Å²) in [5, 5.41) is 3.84. The van der Waals surface area contributed by atoms with Crippen LogP contribution in [0, 0.1) is 5.41 Å². The second kappa shape index (κ2) is 7.94. The Morgan fingerprint density at radius 1 is 1.14 bits per heavy atom. The summed E-state index contributed by atoms with van der Waals surface area (Å²) in [4.78, 5) is 5.04. The molecule has 0 aliphatic heterocycles. The van der Waals surface area contributed by atoms with Gasteiger partial charge in [0.05, 0.1) is 0 Å². The molecule has 0 bridgehead atoms. The first-order valence-electron chi connectivity index (χ1n) is 9.17. The minimum atomic E-state index is 0.539. The van der Waals surface area contributed by atoms with Crippen molar-refractivity contribution in [1.82, 2.24) is 15.1 Å². The van der Waals surface area contributed by atoms with Gasteiger partial charge in [-0.25, -0.2) is 0 Å². The topological polar surface area (TPSA) is 18.5 Å². The van der Waals surface area contributed by atoms with Gasteiger partial charge >= 0.3 is 0 Å². The molecule has 0 heterocycles. The Morgan fingerprint density at radius 3 is 2.33 bits per heavy atom. The van der Waals surface area contributed by atoms with E-state index in [2.05, 4.69) is 43.1 Å². The van der Waals surface area contributed by atoms with Gasteiger partial charge in [0.1, 0.15) is 0 Å². The largest absolute Gasteiger partial charge is 0.313 e. The number of hydrogen-bond donors (Lipinski definition) is 1. The molecule has 2 rings (SSSR count). The number of rotatable bonds is 9. The van der Waals surface area contributed by atoms with E-state index in [0.717, 1.165) is 6.04 Å². The van der Waals surface area contributed by atoms with Crippen LogP contribution in [0.15, 0.2) is 0 Å². The molecule has 3 nitrogen and oxygen atoms in total. The summed E-state index contributed by atoms with van der Waals surface area (Å²) < 4.78 is 0. The standard InChI is InChI=1S/C18H37N3/c1-5-21(16(2)13-20(3)4)15-18(11-7-6-8-12-18)14-19-17-9-10-17/h16-17,19H,5-15H2,1-4H3. The minimum absolute atomic E-state index is 0.539. The van der Waals surface area contributed by atoms with Gasteiger partial charge in [0.15, 0.2) is 0 Å². The Labute approximate surface area is 132 Å². The molecule has 0 aromatic rings. The van der Waals surface area contributed by atoms with Crippen molar-refractivity contribution >= 4 is 0 Å². The van der Waals surface area contributed by atoms with Gasteiger partial charge in [-0.2, -0.15) is 0 Å². The highest BCUT2D eigenvalue weighted by Crippen LogP contribution is 2.37. The molecule has 21 heavy (non-hydrogen) atoms. The van der Waals surface area contributed by atoms with Crippen LogP contribution >= 0.6 is 0 Å². The van der Waals surface area contributed by atoms with Crippen molar-refractivity contribution in [2.45, 2.75) is 70.9 Å². The first-order chi connectivity index (χ1) is 10.0. The molecule has 2 aliphatic rings. The average molecular weight is 296 g/mol. The summed E-state index contributed by atoms with van der Waals surface area (Å²) >= 11 is 0. The second-order valence-electron chi connectivity index (χ2n) is 7.89. The van der Waals surface area contributed by atoms with E-state index in [-0.39, 0.29) is 0 Å². The molecule has 124 valence electrons. The number of nitrogens with one attached hydrogen (secondary N) is 1. The molecular formula is C18H37N3. The summed E-state index contributed by atoms with van der Waals surface area (Å²) in [5.41, 5.74) is 0.539. The van der Waals surface area contributed by atoms with Crippen LogP contribution in [-0.4, -0.2) is 62.2 Å². The normalized spacial score (nSPS) is 23.7. The SMILES string of the molecule is CCN(CC1(CNC2CC2)CCCCC1)C(C)CN(C)C. The van der Waals surface area contributed by atoms with E-state index in [1.165, 1.54) is 71.1 Å². The van der Waals surface area contributed by atoms with Crippen molar-refractivity contribution in [3.05, 3.63) is 0 Å². The lowest BCUT2D eigenvalue weighted by Crippen LogP contribution is -2.50. The third-order valence-corrected chi connectivity index (χ3v) is 5.45. The first-order valence-corrected chi connectivity index (χ1v) is 9.17. The lowest BCUT2D eigenvalue weighted by molar-refractivity contribution is 0.0736. The summed E-state index contributed by atoms with van der Waals surface area (Å²) in [6.07, 6.45) is 9.99. The van der Waals surface area contributed by atoms with Gasteiger partial charge in [0, 0.05) is 31.7 Å². The highest BCUT2D eigenvalue weighted by molar-refractivity contribution is 4.92. The molecule has 2 saturated carbocycles. The van der Waals surface area contributed by atoms with Crippen molar-refractivity contribution in [2.24, 2.45) is 5.41 Å². The summed E-state index contributed by atoms with van der Waals surface area (Å²) in [6.45, 7) is 9.62. The van der Waals surface area contributed by atoms with E-state index in [4.69, 9.17) is 0 Å². The van der Waals surface area contributed by atoms with E-state index >= 15 is 0 Å². The maximum absolute atomic E-state index is 3.84. The third kappa shape index (κ3) is 5.54. The molecule has 0 spiro atoms. The zero-order valence-corrected chi connectivity index (χ0v) is 14.8. The molecule has 1 unspecified atom stereocenters. The van der Waals surface area contributed by atoms with E-state index in [1.807, 2.05) is 0 Å². The summed E-state index contributed by atoms with van der Waals surface area (Å²) in [5.74, 6) is 0. The van der Waals surface area contributed by atoms with Gasteiger partial charge in [-0.3, -0.25) is 4.90 Å². The van der Waals surface area contributed by atoms with Crippen LogP contribution in [0.3, 0.4) is 0 Å². The summed E-state index contributed by atoms with van der Waals surface area (Å²) in [7, 11) is 4.38. The van der Waals surface area contributed by atoms with Gasteiger partial charge in [-0.1, -0.05) is 26.2 Å². The van der Waals surface area contributed by atoms with Crippen molar-refractivity contribution in [1.29, 1.82) is 0 Å². The van der Waals surface area contributed by atoms with Crippen molar-refractivity contribution < 1.29 is 0 Å². The van der Waals surface area contributed by atoms with E-state index in [0.29, 0.717) is 11.5 Å². The van der Waals surface area contributed by atoms with Gasteiger partial charge in [-0.15, -0.1) is 0 Å². The molecule has 0 aromatic carbocycles. The Morgan fingerprint density at radius 2 is 1.81 bits per heavy atom. The predicted octanol–water partition coefficient (Wildman–Crippen LogP) is 2.96. The Kier molecular flexibility index (Phi) is 6.51. The molecule has 1 N–H and O–H groups in total. The highest BCUT2D eigenvalue weighted by atomic mass is 15.2. The minimum Gasteiger partial charge on any atom is -0.313 e. The quantitative estimate of drug-likeness (QED) is 0.705. The number of likely N-dealkylation sites (N-methyl/N-ethyl adjacent to an activating group) is 2. The van der Waals surface area contributed by atoms with Crippen LogP contribution in [-0.2, 0) is 0 Å². The van der Waals surface area contributed by atoms with E-state index in [1.54, 1.807) is 0 Å². The second-order valence-corrected chi connectivity index (χ2v) is 7.89. The van der Waals surface area contributed by atoms with Gasteiger partial charge in [0.2, 0.25) is 0 Å². The Bertz CT molecular complexity index is 293. The fourth-order valence-electron chi connectivity index (χ4n) is 3.99. The fraction of sp³-hybridized carbons (Fsp3) is 1.00. The van der Waals surface area contributed by atoms with Crippen LogP contribution < -0.4 is 5.32 Å². The van der Waals surface area contributed by atoms with Gasteiger partial charge in [0.25, 0.3) is 0 Å². The molecular weight excluding hydrogens is 258 g/mol. The lowest BCUT2D eigenvalue weighted by Gasteiger charge is -2.43. The maximum Gasteiger partial charge on any atom is 0.0194 e. The molecule has 3 heteroatoms. The molecule has 2 aliphatic carbocycles. The maximum atomic E-state index is 3.84. The van der Waals surface area contributed by atoms with Crippen LogP contribution in [0.1, 0.15) is 58.8 Å². The van der Waals surface area contributed by atoms with Crippen LogP contribution in [0.25, 0.3) is 0 Å². The smallest absolute Gasteiger partial charge is 0.0194 e. The van der Waals surface area contributed by atoms with Crippen LogP contribution in [0.5, 0.6) is 0 Å². The third-order valence-electron chi connectivity index (χ3n) is 5.45. The predicted molar refractivity (Wildman–Crippen MR) is 91.8 cm³/mol. The number of hydrogen-bond acceptors (Lipinski definition) is 3. The van der Waals surface area contributed by atoms with Crippen LogP contribution in [0.4, 0.5) is 0 Å². The van der Waals surface area contributed by atoms with E-state index < -0.39 is 0 Å². The molecule has 0 radical (unpaired) electrons. The van der Waals surface area contributed by atoms with E-state index in [9.17, 15) is 0 Å². The number of nitrogens with zero attached hydrogens (tertiary/aromatic N) is 2. The Hall–Kier alpha value is -0.120. The van der Waals surface area contributed by atoms with Crippen molar-refractivity contribution in [3.63, 3.8) is 0 Å². The monoisotopic (exact) mass is 295 g/mol. The van der Waals surface area contributed by atoms with Crippen molar-refractivity contribution in [3.8, 4) is 0 Å². The highest BCUT2D eigenvalue weighted by Gasteiger charge is 2.36. The summed E-state index contributed by atoms with van der Waals surface area (Å²) in [6, 6.07) is 1.50. The lowest BCUT2D eigenvalue weighted by atomic mass is 9.73. The van der Waals surface area contributed by atoms with Gasteiger partial charge in [-0.05, 0) is 58.7 Å². The fourth-order valence-corrected chi connectivity index (χ4v) is 3.99. The molecule has 0 saturated heterocycles. The van der Waals surface area contributed by atoms with Crippen LogP contribution in [0.2, 0.25) is 0 Å².